The van der Waals surface area contributed by atoms with Gasteiger partial charge in [-0.05, 0) is 61.8 Å². The molecule has 0 fully saturated rings. The minimum Gasteiger partial charge on any atom is -0.495 e. The molecule has 0 aromatic heterocycles. The normalized spacial score (nSPS) is 11.9. The van der Waals surface area contributed by atoms with E-state index in [1.807, 2.05) is 12.1 Å². The van der Waals surface area contributed by atoms with Crippen molar-refractivity contribution in [3.8, 4) is 11.5 Å². The molecule has 0 amide bonds. The zero-order valence-corrected chi connectivity index (χ0v) is 14.5. The summed E-state index contributed by atoms with van der Waals surface area (Å²) in [4.78, 5) is 0. The van der Waals surface area contributed by atoms with Crippen LogP contribution in [0.5, 0.6) is 11.5 Å². The van der Waals surface area contributed by atoms with Crippen LogP contribution in [-0.2, 0) is 0 Å². The van der Waals surface area contributed by atoms with Gasteiger partial charge in [0.15, 0.2) is 0 Å². The molecule has 0 saturated carbocycles. The molecule has 0 unspecified atom stereocenters. The molecule has 0 spiro atoms. The molecule has 0 aliphatic carbocycles. The molecular formula is C16H24BrNO2. The fourth-order valence-corrected chi connectivity index (χ4v) is 2.47. The van der Waals surface area contributed by atoms with E-state index < -0.39 is 0 Å². The average molecular weight is 342 g/mol. The molecular weight excluding hydrogens is 318 g/mol. The van der Waals surface area contributed by atoms with Gasteiger partial charge in [0.1, 0.15) is 16.0 Å². The Hall–Kier alpha value is -1.00. The lowest BCUT2D eigenvalue weighted by Crippen LogP contribution is -2.36. The Balaban J connectivity index is 2.70. The molecule has 1 aromatic carbocycles. The third kappa shape index (κ3) is 5.17. The van der Waals surface area contributed by atoms with Crippen molar-refractivity contribution in [1.29, 1.82) is 0 Å². The third-order valence-electron chi connectivity index (χ3n) is 2.78. The highest BCUT2D eigenvalue weighted by Crippen LogP contribution is 2.37. The highest BCUT2D eigenvalue weighted by atomic mass is 79.9. The molecule has 0 heterocycles. The second-order valence-corrected chi connectivity index (χ2v) is 6.37. The number of hydrogen-bond donors (Lipinski definition) is 1. The minimum atomic E-state index is 0.161. The zero-order valence-electron chi connectivity index (χ0n) is 12.9. The average Bonchev–Trinajstić information content (AvgIpc) is 2.37. The quantitative estimate of drug-likeness (QED) is 0.784. The van der Waals surface area contributed by atoms with Gasteiger partial charge < -0.3 is 14.8 Å². The molecule has 0 atom stereocenters. The van der Waals surface area contributed by atoms with E-state index in [9.17, 15) is 0 Å². The number of hydrogen-bond acceptors (Lipinski definition) is 3. The van der Waals surface area contributed by atoms with Crippen LogP contribution in [0.25, 0.3) is 6.08 Å². The maximum Gasteiger partial charge on any atom is 0.144 e. The first-order valence-electron chi connectivity index (χ1n) is 6.71. The molecule has 3 nitrogen and oxygen atoms in total. The van der Waals surface area contributed by atoms with Gasteiger partial charge in [-0.3, -0.25) is 0 Å². The van der Waals surface area contributed by atoms with E-state index in [4.69, 9.17) is 9.47 Å². The number of ether oxygens (including phenoxy) is 2. The van der Waals surface area contributed by atoms with Gasteiger partial charge in [0.05, 0.1) is 14.2 Å². The molecule has 0 saturated heterocycles. The van der Waals surface area contributed by atoms with Crippen LogP contribution in [0.2, 0.25) is 0 Å². The van der Waals surface area contributed by atoms with Crippen molar-refractivity contribution in [1.82, 2.24) is 5.32 Å². The Bertz CT molecular complexity index is 464. The molecule has 1 rings (SSSR count). The summed E-state index contributed by atoms with van der Waals surface area (Å²) in [7, 11) is 3.31. The second-order valence-electron chi connectivity index (χ2n) is 5.57. The number of benzene rings is 1. The maximum atomic E-state index is 5.44. The number of halogens is 1. The predicted octanol–water partition coefficient (Wildman–Crippen LogP) is 4.26. The fourth-order valence-electron chi connectivity index (χ4n) is 1.79. The van der Waals surface area contributed by atoms with Crippen molar-refractivity contribution in [3.05, 3.63) is 28.2 Å². The van der Waals surface area contributed by atoms with E-state index >= 15 is 0 Å². The van der Waals surface area contributed by atoms with E-state index in [1.165, 1.54) is 0 Å². The summed E-state index contributed by atoms with van der Waals surface area (Å²) in [5.41, 5.74) is 1.20. The minimum absolute atomic E-state index is 0.161. The van der Waals surface area contributed by atoms with Crippen LogP contribution in [0.15, 0.2) is 22.7 Å². The lowest BCUT2D eigenvalue weighted by molar-refractivity contribution is 0.389. The first kappa shape index (κ1) is 17.1. The summed E-state index contributed by atoms with van der Waals surface area (Å²) in [6.45, 7) is 7.46. The largest absolute Gasteiger partial charge is 0.495 e. The van der Waals surface area contributed by atoms with Gasteiger partial charge in [-0.25, -0.2) is 0 Å². The molecule has 4 heteroatoms. The Morgan fingerprint density at radius 2 is 1.90 bits per heavy atom. The van der Waals surface area contributed by atoms with E-state index in [-0.39, 0.29) is 5.54 Å². The van der Waals surface area contributed by atoms with E-state index in [0.29, 0.717) is 0 Å². The van der Waals surface area contributed by atoms with Crippen molar-refractivity contribution >= 4 is 22.0 Å². The van der Waals surface area contributed by atoms with Gasteiger partial charge in [-0.15, -0.1) is 0 Å². The Labute approximate surface area is 130 Å². The molecule has 0 aliphatic rings. The summed E-state index contributed by atoms with van der Waals surface area (Å²) in [5.74, 6) is 1.57. The topological polar surface area (TPSA) is 30.5 Å². The molecule has 1 N–H and O–H groups in total. The van der Waals surface area contributed by atoms with E-state index in [1.54, 1.807) is 14.2 Å². The van der Waals surface area contributed by atoms with Crippen molar-refractivity contribution in [3.63, 3.8) is 0 Å². The number of rotatable bonds is 6. The van der Waals surface area contributed by atoms with Gasteiger partial charge in [-0.2, -0.15) is 0 Å². The molecule has 112 valence electrons. The summed E-state index contributed by atoms with van der Waals surface area (Å²) < 4.78 is 11.5. The Morgan fingerprint density at radius 3 is 2.45 bits per heavy atom. The van der Waals surface area contributed by atoms with Gasteiger partial charge in [-0.1, -0.05) is 12.2 Å². The summed E-state index contributed by atoms with van der Waals surface area (Å²) in [5, 5.41) is 3.45. The summed E-state index contributed by atoms with van der Waals surface area (Å²) >= 11 is 3.50. The van der Waals surface area contributed by atoms with Gasteiger partial charge in [0.25, 0.3) is 0 Å². The van der Waals surface area contributed by atoms with Crippen LogP contribution in [0.1, 0.15) is 32.8 Å². The molecule has 0 radical (unpaired) electrons. The van der Waals surface area contributed by atoms with E-state index in [2.05, 4.69) is 54.2 Å². The molecule has 20 heavy (non-hydrogen) atoms. The first-order valence-corrected chi connectivity index (χ1v) is 7.50. The summed E-state index contributed by atoms with van der Waals surface area (Å²) in [6.07, 6.45) is 5.20. The third-order valence-corrected chi connectivity index (χ3v) is 3.53. The SMILES string of the molecule is COc1ccc(/C=C/CCNC(C)(C)C)c(OC)c1Br. The summed E-state index contributed by atoms with van der Waals surface area (Å²) in [6, 6.07) is 3.93. The van der Waals surface area contributed by atoms with Crippen LogP contribution in [0.4, 0.5) is 0 Å². The monoisotopic (exact) mass is 341 g/mol. The highest BCUT2D eigenvalue weighted by Gasteiger charge is 2.10. The molecule has 1 aromatic rings. The van der Waals surface area contributed by atoms with Crippen LogP contribution < -0.4 is 14.8 Å². The second kappa shape index (κ2) is 7.70. The van der Waals surface area contributed by atoms with Gasteiger partial charge >= 0.3 is 0 Å². The predicted molar refractivity (Wildman–Crippen MR) is 88.7 cm³/mol. The smallest absolute Gasteiger partial charge is 0.144 e. The number of methoxy groups -OCH3 is 2. The zero-order chi connectivity index (χ0) is 15.2. The Morgan fingerprint density at radius 1 is 1.20 bits per heavy atom. The van der Waals surface area contributed by atoms with Crippen molar-refractivity contribution < 1.29 is 9.47 Å². The van der Waals surface area contributed by atoms with Gasteiger partial charge in [0, 0.05) is 11.1 Å². The lowest BCUT2D eigenvalue weighted by atomic mass is 10.1. The van der Waals surface area contributed by atoms with Crippen LogP contribution >= 0.6 is 15.9 Å². The van der Waals surface area contributed by atoms with Crippen LogP contribution in [0, 0.1) is 0 Å². The Kier molecular flexibility index (Phi) is 6.56. The lowest BCUT2D eigenvalue weighted by Gasteiger charge is -2.19. The van der Waals surface area contributed by atoms with Crippen LogP contribution in [0.3, 0.4) is 0 Å². The molecule has 0 aliphatic heterocycles. The van der Waals surface area contributed by atoms with Crippen molar-refractivity contribution in [2.24, 2.45) is 0 Å². The highest BCUT2D eigenvalue weighted by molar-refractivity contribution is 9.10. The van der Waals surface area contributed by atoms with Crippen LogP contribution in [-0.4, -0.2) is 26.3 Å². The van der Waals surface area contributed by atoms with Crippen molar-refractivity contribution in [2.45, 2.75) is 32.7 Å². The van der Waals surface area contributed by atoms with Gasteiger partial charge in [0.2, 0.25) is 0 Å². The van der Waals surface area contributed by atoms with Crippen molar-refractivity contribution in [2.75, 3.05) is 20.8 Å². The first-order chi connectivity index (χ1) is 9.39. The molecule has 0 bridgehead atoms. The maximum absolute atomic E-state index is 5.44. The fraction of sp³-hybridized carbons (Fsp3) is 0.500. The van der Waals surface area contributed by atoms with E-state index in [0.717, 1.165) is 34.5 Å². The standard InChI is InChI=1S/C16H24BrNO2/c1-16(2,3)18-11-7-6-8-12-9-10-13(19-4)14(17)15(12)20-5/h6,8-10,18H,7,11H2,1-5H3/b8-6+. The number of nitrogens with one attached hydrogen (secondary N) is 1.